The van der Waals surface area contributed by atoms with Crippen LogP contribution in [-0.2, 0) is 0 Å². The summed E-state index contributed by atoms with van der Waals surface area (Å²) < 4.78 is 11.0. The Morgan fingerprint density at radius 1 is 1.35 bits per heavy atom. The van der Waals surface area contributed by atoms with E-state index in [0.717, 1.165) is 35.6 Å². The highest BCUT2D eigenvalue weighted by molar-refractivity contribution is 7.99. The molecule has 2 aromatic rings. The van der Waals surface area contributed by atoms with Gasteiger partial charge in [0.05, 0.1) is 19.2 Å². The van der Waals surface area contributed by atoms with Crippen LogP contribution in [0.25, 0.3) is 0 Å². The predicted octanol–water partition coefficient (Wildman–Crippen LogP) is 3.28. The Balaban J connectivity index is 1.69. The van der Waals surface area contributed by atoms with Gasteiger partial charge in [-0.15, -0.1) is 11.8 Å². The van der Waals surface area contributed by atoms with Gasteiger partial charge in [-0.3, -0.25) is 4.79 Å². The van der Waals surface area contributed by atoms with Crippen LogP contribution in [0.4, 0.5) is 0 Å². The lowest BCUT2D eigenvalue weighted by Gasteiger charge is -2.33. The average Bonchev–Trinajstić information content (AvgIpc) is 2.68. The number of nitrogens with zero attached hydrogens (tertiary/aromatic N) is 3. The maximum Gasteiger partial charge on any atom is 0.319 e. The maximum atomic E-state index is 13.0. The topological polar surface area (TPSA) is 64.6 Å². The van der Waals surface area contributed by atoms with Crippen molar-refractivity contribution in [3.8, 4) is 11.9 Å². The minimum Gasteiger partial charge on any atom is -0.472 e. The van der Waals surface area contributed by atoms with Crippen molar-refractivity contribution in [2.24, 2.45) is 0 Å². The molecule has 3 rings (SSSR count). The summed E-state index contributed by atoms with van der Waals surface area (Å²) in [5.41, 5.74) is 0.767. The molecule has 1 aromatic carbocycles. The minimum absolute atomic E-state index is 0.0649. The van der Waals surface area contributed by atoms with Gasteiger partial charge in [-0.1, -0.05) is 19.1 Å². The van der Waals surface area contributed by atoms with Crippen LogP contribution < -0.4 is 9.47 Å². The molecule has 0 aliphatic carbocycles. The molecular formula is C19H23N3O3S. The van der Waals surface area contributed by atoms with Crippen LogP contribution in [0, 0.1) is 0 Å². The van der Waals surface area contributed by atoms with Gasteiger partial charge in [0, 0.05) is 23.7 Å². The molecule has 2 heterocycles. The molecule has 1 saturated heterocycles. The van der Waals surface area contributed by atoms with Crippen LogP contribution in [0.3, 0.4) is 0 Å². The van der Waals surface area contributed by atoms with Gasteiger partial charge in [0.2, 0.25) is 5.88 Å². The van der Waals surface area contributed by atoms with E-state index in [1.807, 2.05) is 29.2 Å². The number of thioether (sulfide) groups is 1. The molecule has 7 heteroatoms. The van der Waals surface area contributed by atoms with E-state index in [4.69, 9.17) is 9.47 Å². The summed E-state index contributed by atoms with van der Waals surface area (Å²) in [5, 5.41) is 0. The van der Waals surface area contributed by atoms with E-state index < -0.39 is 0 Å². The predicted molar refractivity (Wildman–Crippen MR) is 101 cm³/mol. The van der Waals surface area contributed by atoms with Crippen LogP contribution >= 0.6 is 11.8 Å². The lowest BCUT2D eigenvalue weighted by atomic mass is 10.1. The zero-order chi connectivity index (χ0) is 18.4. The normalized spacial score (nSPS) is 17.0. The summed E-state index contributed by atoms with van der Waals surface area (Å²) in [4.78, 5) is 24.1. The first-order valence-electron chi connectivity index (χ1n) is 8.76. The molecule has 6 nitrogen and oxygen atoms in total. The molecular weight excluding hydrogens is 350 g/mol. The van der Waals surface area contributed by atoms with E-state index in [-0.39, 0.29) is 18.0 Å². The molecule has 1 aliphatic rings. The lowest BCUT2D eigenvalue weighted by Crippen LogP contribution is -2.44. The zero-order valence-corrected chi connectivity index (χ0v) is 15.9. The van der Waals surface area contributed by atoms with Crippen molar-refractivity contribution < 1.29 is 14.3 Å². The number of hydrogen-bond acceptors (Lipinski definition) is 6. The van der Waals surface area contributed by atoms with Gasteiger partial charge in [0.15, 0.2) is 0 Å². The fourth-order valence-electron chi connectivity index (χ4n) is 2.97. The molecule has 0 radical (unpaired) electrons. The van der Waals surface area contributed by atoms with Gasteiger partial charge in [-0.25, -0.2) is 4.98 Å². The number of piperidine rings is 1. The van der Waals surface area contributed by atoms with Gasteiger partial charge in [-0.05, 0) is 30.7 Å². The average molecular weight is 373 g/mol. The third-order valence-electron chi connectivity index (χ3n) is 4.16. The highest BCUT2D eigenvalue weighted by Crippen LogP contribution is 2.25. The standard InChI is InChI=1S/C19H23N3O3S/c1-3-26-16-9-5-4-8-15(16)18(23)22-12-6-7-14(13-22)25-17-10-11-20-19(21-17)24-2/h4-5,8-11,14H,3,6-7,12-13H2,1-2H3. The number of hydrogen-bond donors (Lipinski definition) is 0. The van der Waals surface area contributed by atoms with E-state index in [9.17, 15) is 4.79 Å². The van der Waals surface area contributed by atoms with Gasteiger partial charge in [0.1, 0.15) is 6.10 Å². The first-order valence-corrected chi connectivity index (χ1v) is 9.74. The van der Waals surface area contributed by atoms with Crippen LogP contribution in [-0.4, -0.2) is 52.8 Å². The molecule has 1 unspecified atom stereocenters. The number of aromatic nitrogens is 2. The van der Waals surface area contributed by atoms with Crippen LogP contribution in [0.5, 0.6) is 11.9 Å². The van der Waals surface area contributed by atoms with Crippen molar-refractivity contribution in [3.63, 3.8) is 0 Å². The summed E-state index contributed by atoms with van der Waals surface area (Å²) >= 11 is 1.69. The Morgan fingerprint density at radius 3 is 3.00 bits per heavy atom. The van der Waals surface area contributed by atoms with Gasteiger partial charge in [0.25, 0.3) is 5.91 Å². The van der Waals surface area contributed by atoms with Crippen LogP contribution in [0.15, 0.2) is 41.4 Å². The van der Waals surface area contributed by atoms with Crippen molar-refractivity contribution in [1.29, 1.82) is 0 Å². The first kappa shape index (κ1) is 18.5. The van der Waals surface area contributed by atoms with Crippen molar-refractivity contribution in [1.82, 2.24) is 14.9 Å². The molecule has 138 valence electrons. The number of methoxy groups -OCH3 is 1. The molecule has 1 atom stereocenters. The fourth-order valence-corrected chi connectivity index (χ4v) is 3.77. The van der Waals surface area contributed by atoms with Gasteiger partial charge < -0.3 is 14.4 Å². The molecule has 1 aromatic heterocycles. The zero-order valence-electron chi connectivity index (χ0n) is 15.1. The highest BCUT2D eigenvalue weighted by atomic mass is 32.2. The molecule has 26 heavy (non-hydrogen) atoms. The second-order valence-corrected chi connectivity index (χ2v) is 7.25. The highest BCUT2D eigenvalue weighted by Gasteiger charge is 2.27. The van der Waals surface area contributed by atoms with E-state index in [2.05, 4.69) is 16.9 Å². The third-order valence-corrected chi connectivity index (χ3v) is 5.12. The maximum absolute atomic E-state index is 13.0. The number of likely N-dealkylation sites (tertiary alicyclic amines) is 1. The number of amides is 1. The van der Waals surface area contributed by atoms with Crippen molar-refractivity contribution in [2.75, 3.05) is 26.0 Å². The van der Waals surface area contributed by atoms with Gasteiger partial charge in [-0.2, -0.15) is 4.98 Å². The Kier molecular flexibility index (Phi) is 6.33. The summed E-state index contributed by atoms with van der Waals surface area (Å²) in [6.07, 6.45) is 3.31. The van der Waals surface area contributed by atoms with Crippen LogP contribution in [0.1, 0.15) is 30.1 Å². The third kappa shape index (κ3) is 4.46. The number of carbonyl (C=O) groups is 1. The van der Waals surface area contributed by atoms with E-state index in [0.29, 0.717) is 12.4 Å². The smallest absolute Gasteiger partial charge is 0.319 e. The Hall–Kier alpha value is -2.28. The quantitative estimate of drug-likeness (QED) is 0.724. The Morgan fingerprint density at radius 2 is 2.19 bits per heavy atom. The van der Waals surface area contributed by atoms with Crippen molar-refractivity contribution in [2.45, 2.75) is 30.8 Å². The van der Waals surface area contributed by atoms with E-state index in [1.165, 1.54) is 7.11 Å². The Bertz CT molecular complexity index is 756. The molecule has 0 bridgehead atoms. The SMILES string of the molecule is CCSc1ccccc1C(=O)N1CCCC(Oc2ccnc(OC)n2)C1. The molecule has 0 spiro atoms. The lowest BCUT2D eigenvalue weighted by molar-refractivity contribution is 0.0522. The largest absolute Gasteiger partial charge is 0.472 e. The number of ether oxygens (including phenoxy) is 2. The second kappa shape index (κ2) is 8.89. The summed E-state index contributed by atoms with van der Waals surface area (Å²) in [6.45, 7) is 3.39. The molecule has 0 saturated carbocycles. The summed E-state index contributed by atoms with van der Waals surface area (Å²) in [6, 6.07) is 9.78. The van der Waals surface area contributed by atoms with Gasteiger partial charge >= 0.3 is 6.01 Å². The molecule has 0 N–H and O–H groups in total. The second-order valence-electron chi connectivity index (χ2n) is 5.94. The monoisotopic (exact) mass is 373 g/mol. The fraction of sp³-hybridized carbons (Fsp3) is 0.421. The Labute approximate surface area is 157 Å². The van der Waals surface area contributed by atoms with E-state index in [1.54, 1.807) is 24.0 Å². The minimum atomic E-state index is -0.0849. The number of carbonyl (C=O) groups excluding carboxylic acids is 1. The molecule has 1 aliphatic heterocycles. The summed E-state index contributed by atoms with van der Waals surface area (Å²) in [5.74, 6) is 1.47. The first-order chi connectivity index (χ1) is 12.7. The van der Waals surface area contributed by atoms with Crippen molar-refractivity contribution >= 4 is 17.7 Å². The number of rotatable bonds is 6. The number of benzene rings is 1. The van der Waals surface area contributed by atoms with Crippen LogP contribution in [0.2, 0.25) is 0 Å². The molecule has 1 amide bonds. The van der Waals surface area contributed by atoms with Crippen molar-refractivity contribution in [3.05, 3.63) is 42.1 Å². The summed E-state index contributed by atoms with van der Waals surface area (Å²) in [7, 11) is 1.52. The van der Waals surface area contributed by atoms with E-state index >= 15 is 0 Å². The molecule has 1 fully saturated rings.